The number of methoxy groups -OCH3 is 1. The normalized spacial score (nSPS) is 14.1. The summed E-state index contributed by atoms with van der Waals surface area (Å²) in [6.07, 6.45) is 6.57. The second-order valence-corrected chi connectivity index (χ2v) is 17.7. The van der Waals surface area contributed by atoms with Crippen molar-refractivity contribution in [3.63, 3.8) is 0 Å². The van der Waals surface area contributed by atoms with E-state index in [-0.39, 0.29) is 23.8 Å². The summed E-state index contributed by atoms with van der Waals surface area (Å²) in [6.45, 7) is 16.5. The minimum Gasteiger partial charge on any atom is -0.497 e. The van der Waals surface area contributed by atoms with Gasteiger partial charge in [-0.15, -0.1) is 0 Å². The summed E-state index contributed by atoms with van der Waals surface area (Å²) in [5, 5.41) is 17.3. The highest BCUT2D eigenvalue weighted by atomic mass is 79.9. The Labute approximate surface area is 372 Å². The number of hydrogen-bond acceptors (Lipinski definition) is 9. The van der Waals surface area contributed by atoms with Crippen LogP contribution in [0.1, 0.15) is 109 Å². The van der Waals surface area contributed by atoms with Crippen molar-refractivity contribution in [1.29, 1.82) is 0 Å². The maximum atomic E-state index is 12.6. The van der Waals surface area contributed by atoms with Gasteiger partial charge in [-0.1, -0.05) is 81.8 Å². The van der Waals surface area contributed by atoms with E-state index in [0.717, 1.165) is 81.5 Å². The van der Waals surface area contributed by atoms with Gasteiger partial charge in [-0.2, -0.15) is 0 Å². The molecular formula is C50H66BBrO9. The van der Waals surface area contributed by atoms with E-state index in [1.807, 2.05) is 87.5 Å². The number of ether oxygens (including phenoxy) is 5. The van der Waals surface area contributed by atoms with Crippen molar-refractivity contribution in [3.05, 3.63) is 106 Å². The molecule has 2 atom stereocenters. The molecular weight excluding hydrogens is 835 g/mol. The summed E-state index contributed by atoms with van der Waals surface area (Å²) < 4.78 is 28.8. The van der Waals surface area contributed by atoms with Crippen LogP contribution in [0.25, 0.3) is 11.1 Å². The van der Waals surface area contributed by atoms with Crippen molar-refractivity contribution >= 4 is 40.4 Å². The van der Waals surface area contributed by atoms with Crippen LogP contribution in [0.15, 0.2) is 89.4 Å². The molecule has 0 aromatic heterocycles. The fourth-order valence-corrected chi connectivity index (χ4v) is 7.14. The van der Waals surface area contributed by atoms with E-state index in [1.165, 1.54) is 25.7 Å². The van der Waals surface area contributed by atoms with Crippen molar-refractivity contribution in [2.45, 2.75) is 98.8 Å². The van der Waals surface area contributed by atoms with E-state index < -0.39 is 7.12 Å². The van der Waals surface area contributed by atoms with E-state index in [0.29, 0.717) is 36.4 Å². The largest absolute Gasteiger partial charge is 0.497 e. The molecule has 2 unspecified atom stereocenters. The summed E-state index contributed by atoms with van der Waals surface area (Å²) in [5.74, 6) is 3.95. The Kier molecular flexibility index (Phi) is 20.2. The van der Waals surface area contributed by atoms with Crippen molar-refractivity contribution in [1.82, 2.24) is 0 Å². The Morgan fingerprint density at radius 2 is 1.16 bits per heavy atom. The predicted molar refractivity (Wildman–Crippen MR) is 248 cm³/mol. The zero-order valence-electron chi connectivity index (χ0n) is 37.3. The molecule has 2 fully saturated rings. The van der Waals surface area contributed by atoms with Crippen molar-refractivity contribution < 1.29 is 43.3 Å². The van der Waals surface area contributed by atoms with Crippen LogP contribution in [-0.4, -0.2) is 62.6 Å². The third kappa shape index (κ3) is 16.8. The summed E-state index contributed by atoms with van der Waals surface area (Å²) in [4.78, 5) is 24.9. The molecule has 2 saturated carbocycles. The first-order chi connectivity index (χ1) is 29.2. The lowest BCUT2D eigenvalue weighted by Crippen LogP contribution is -2.29. The molecule has 0 amide bonds. The first-order valence-corrected chi connectivity index (χ1v) is 22.6. The lowest BCUT2D eigenvalue weighted by Gasteiger charge is -2.20. The topological polar surface area (TPSA) is 121 Å². The van der Waals surface area contributed by atoms with Crippen molar-refractivity contribution in [3.8, 4) is 28.4 Å². The first kappa shape index (κ1) is 49.3. The van der Waals surface area contributed by atoms with Gasteiger partial charge in [0.1, 0.15) is 17.2 Å². The van der Waals surface area contributed by atoms with Crippen LogP contribution in [0, 0.1) is 30.6 Å². The number of carbonyl (C=O) groups excluding carboxylic acids is 2. The molecule has 0 heterocycles. The van der Waals surface area contributed by atoms with Gasteiger partial charge in [0.15, 0.2) is 0 Å². The number of rotatable bonds is 19. The van der Waals surface area contributed by atoms with Crippen LogP contribution < -0.4 is 19.7 Å². The maximum Gasteiger partial charge on any atom is 0.488 e. The second kappa shape index (κ2) is 25.0. The summed E-state index contributed by atoms with van der Waals surface area (Å²) >= 11 is 3.56. The third-order valence-corrected chi connectivity index (χ3v) is 11.1. The molecule has 0 aliphatic heterocycles. The Morgan fingerprint density at radius 3 is 1.59 bits per heavy atom. The minimum absolute atomic E-state index is 0.144. The third-order valence-electron chi connectivity index (χ3n) is 10.4. The zero-order valence-corrected chi connectivity index (χ0v) is 38.9. The number of hydrogen-bond donors (Lipinski definition) is 2. The van der Waals surface area contributed by atoms with Gasteiger partial charge in [0.25, 0.3) is 0 Å². The van der Waals surface area contributed by atoms with Gasteiger partial charge in [-0.05, 0) is 157 Å². The van der Waals surface area contributed by atoms with Gasteiger partial charge in [-0.25, -0.2) is 0 Å². The molecule has 330 valence electrons. The number of benzene rings is 4. The predicted octanol–water partition coefficient (Wildman–Crippen LogP) is 10.4. The van der Waals surface area contributed by atoms with E-state index in [4.69, 9.17) is 33.7 Å². The Bertz CT molecular complexity index is 1940. The molecule has 4 aromatic rings. The van der Waals surface area contributed by atoms with Gasteiger partial charge in [0.05, 0.1) is 49.8 Å². The highest BCUT2D eigenvalue weighted by molar-refractivity contribution is 9.10. The molecule has 0 bridgehead atoms. The standard InChI is InChI=1S/C25H32O4.C18H25BrO3.C7H9BO2/c1-5-28-25(26)23(14-17(2)3)20-10-13-24(29-16-18-6-7-18)22(15-20)19-8-11-21(27-4)12-9-19;1-4-21-18(20)15(9-12(2)3)14-7-8-17(16(19)10-14)22-11-13-5-6-13;1-6-2-4-7(5-3-6)8(9)10/h8-13,15,17-18,23H,5-7,14,16H2,1-4H3;7-8,10,12-13,15H,4-6,9,11H2,1-3H3;2-5,9-10H,1H3. The lowest BCUT2D eigenvalue weighted by atomic mass is 9.80. The van der Waals surface area contributed by atoms with E-state index >= 15 is 0 Å². The minimum atomic E-state index is -1.35. The molecule has 0 saturated heterocycles. The average molecular weight is 902 g/mol. The molecule has 61 heavy (non-hydrogen) atoms. The summed E-state index contributed by atoms with van der Waals surface area (Å²) in [5.41, 5.74) is 5.66. The molecule has 2 aliphatic carbocycles. The summed E-state index contributed by atoms with van der Waals surface area (Å²) in [6, 6.07) is 27.1. The molecule has 0 spiro atoms. The highest BCUT2D eigenvalue weighted by Gasteiger charge is 2.27. The molecule has 11 heteroatoms. The Morgan fingerprint density at radius 1 is 0.689 bits per heavy atom. The van der Waals surface area contributed by atoms with Crippen LogP contribution in [-0.2, 0) is 19.1 Å². The quantitative estimate of drug-likeness (QED) is 0.0700. The number of esters is 2. The van der Waals surface area contributed by atoms with Gasteiger partial charge in [0.2, 0.25) is 0 Å². The SMILES string of the molecule is CCOC(=O)C(CC(C)C)c1ccc(OCC2CC2)c(-c2ccc(OC)cc2)c1.CCOC(=O)C(CC(C)C)c1ccc(OCC2CC2)c(Br)c1.Cc1ccc(B(O)O)cc1. The molecule has 2 aliphatic rings. The average Bonchev–Trinajstić information content (AvgIpc) is 4.18. The number of aryl methyl sites for hydroxylation is 1. The molecule has 0 radical (unpaired) electrons. The maximum absolute atomic E-state index is 12.6. The van der Waals surface area contributed by atoms with Crippen LogP contribution in [0.4, 0.5) is 0 Å². The molecule has 9 nitrogen and oxygen atoms in total. The molecule has 6 rings (SSSR count). The smallest absolute Gasteiger partial charge is 0.488 e. The van der Waals surface area contributed by atoms with Crippen LogP contribution in [0.3, 0.4) is 0 Å². The van der Waals surface area contributed by atoms with Gasteiger partial charge in [-0.3, -0.25) is 9.59 Å². The Hall–Kier alpha value is -4.32. The first-order valence-electron chi connectivity index (χ1n) is 21.8. The molecule has 2 N–H and O–H groups in total. The zero-order chi connectivity index (χ0) is 44.5. The van der Waals surface area contributed by atoms with Crippen molar-refractivity contribution in [2.75, 3.05) is 33.5 Å². The fraction of sp³-hybridized carbons (Fsp3) is 0.480. The summed E-state index contributed by atoms with van der Waals surface area (Å²) in [7, 11) is 0.316. The monoisotopic (exact) mass is 900 g/mol. The van der Waals surface area contributed by atoms with Crippen LogP contribution in [0.2, 0.25) is 0 Å². The van der Waals surface area contributed by atoms with Gasteiger partial charge >= 0.3 is 19.1 Å². The van der Waals surface area contributed by atoms with E-state index in [9.17, 15) is 9.59 Å². The van der Waals surface area contributed by atoms with Crippen LogP contribution in [0.5, 0.6) is 17.2 Å². The Balaban J connectivity index is 0.000000225. The van der Waals surface area contributed by atoms with E-state index in [2.05, 4.69) is 49.7 Å². The van der Waals surface area contributed by atoms with Crippen LogP contribution >= 0.6 is 15.9 Å². The highest BCUT2D eigenvalue weighted by Crippen LogP contribution is 2.38. The second-order valence-electron chi connectivity index (χ2n) is 16.8. The number of carbonyl (C=O) groups is 2. The van der Waals surface area contributed by atoms with Crippen molar-refractivity contribution in [2.24, 2.45) is 23.7 Å². The number of halogens is 1. The van der Waals surface area contributed by atoms with E-state index in [1.54, 1.807) is 19.2 Å². The van der Waals surface area contributed by atoms with Gasteiger partial charge in [0, 0.05) is 5.56 Å². The van der Waals surface area contributed by atoms with Gasteiger partial charge < -0.3 is 33.7 Å². The lowest BCUT2D eigenvalue weighted by molar-refractivity contribution is -0.146. The molecule has 4 aromatic carbocycles. The fourth-order valence-electron chi connectivity index (χ4n) is 6.63.